The second kappa shape index (κ2) is 11.5. The summed E-state index contributed by atoms with van der Waals surface area (Å²) in [5, 5.41) is 12.9. The summed E-state index contributed by atoms with van der Waals surface area (Å²) in [7, 11) is 0. The largest absolute Gasteiger partial charge is 0.486 e. The number of rotatable bonds is 9. The number of hydrogen-bond acceptors (Lipinski definition) is 7. The average molecular weight is 568 g/mol. The minimum Gasteiger partial charge on any atom is -0.486 e. The summed E-state index contributed by atoms with van der Waals surface area (Å²) in [6.07, 6.45) is 0. The first-order chi connectivity index (χ1) is 18.4. The predicted octanol–water partition coefficient (Wildman–Crippen LogP) is 6.99. The van der Waals surface area contributed by atoms with E-state index in [9.17, 15) is 9.18 Å². The van der Waals surface area contributed by atoms with Gasteiger partial charge in [0, 0.05) is 23.9 Å². The van der Waals surface area contributed by atoms with E-state index in [0.717, 1.165) is 20.8 Å². The number of nitrogens with zero attached hydrogens (tertiary/aromatic N) is 4. The lowest BCUT2D eigenvalue weighted by atomic mass is 10.2. The number of anilines is 1. The zero-order chi connectivity index (χ0) is 26.6. The van der Waals surface area contributed by atoms with Crippen molar-refractivity contribution in [2.75, 3.05) is 11.1 Å². The number of thiazole rings is 1. The van der Waals surface area contributed by atoms with E-state index in [1.54, 1.807) is 11.3 Å². The zero-order valence-corrected chi connectivity index (χ0v) is 23.0. The van der Waals surface area contributed by atoms with Gasteiger partial charge >= 0.3 is 0 Å². The lowest BCUT2D eigenvalue weighted by Gasteiger charge is -2.09. The van der Waals surface area contributed by atoms with E-state index in [2.05, 4.69) is 34.6 Å². The molecule has 11 heteroatoms. The molecule has 194 valence electrons. The van der Waals surface area contributed by atoms with Crippen molar-refractivity contribution < 1.29 is 13.9 Å². The van der Waals surface area contributed by atoms with Gasteiger partial charge in [-0.05, 0) is 67.9 Å². The molecule has 0 aliphatic carbocycles. The molecule has 0 atom stereocenters. The maximum atomic E-state index is 13.4. The maximum Gasteiger partial charge on any atom is 0.234 e. The molecule has 0 bridgehead atoms. The van der Waals surface area contributed by atoms with Crippen LogP contribution in [0.25, 0.3) is 20.8 Å². The molecular weight excluding hydrogens is 545 g/mol. The number of fused-ring (bicyclic) bond motifs is 1. The van der Waals surface area contributed by atoms with Gasteiger partial charge in [0.1, 0.15) is 23.2 Å². The number of benzene rings is 3. The van der Waals surface area contributed by atoms with E-state index >= 15 is 0 Å². The summed E-state index contributed by atoms with van der Waals surface area (Å²) in [4.78, 5) is 17.3. The van der Waals surface area contributed by atoms with Gasteiger partial charge in [0.25, 0.3) is 0 Å². The molecule has 0 spiro atoms. The zero-order valence-electron chi connectivity index (χ0n) is 20.6. The Balaban J connectivity index is 1.16. The van der Waals surface area contributed by atoms with E-state index in [1.807, 2.05) is 41.8 Å². The van der Waals surface area contributed by atoms with Gasteiger partial charge in [-0.3, -0.25) is 4.79 Å². The number of nitrogens with one attached hydrogen (secondary N) is 1. The quantitative estimate of drug-likeness (QED) is 0.193. The minimum atomic E-state index is -0.507. The first-order valence-corrected chi connectivity index (χ1v) is 14.0. The predicted molar refractivity (Wildman–Crippen MR) is 151 cm³/mol. The first-order valence-electron chi connectivity index (χ1n) is 11.8. The summed E-state index contributed by atoms with van der Waals surface area (Å²) < 4.78 is 22.1. The molecule has 2 heterocycles. The van der Waals surface area contributed by atoms with Crippen LogP contribution in [0.4, 0.5) is 10.1 Å². The van der Waals surface area contributed by atoms with Crippen molar-refractivity contribution in [3.63, 3.8) is 0 Å². The monoisotopic (exact) mass is 567 g/mol. The number of halogens is 2. The van der Waals surface area contributed by atoms with Gasteiger partial charge in [-0.25, -0.2) is 9.37 Å². The van der Waals surface area contributed by atoms with Crippen LogP contribution in [-0.2, 0) is 17.9 Å². The highest BCUT2D eigenvalue weighted by atomic mass is 35.5. The molecule has 3 aromatic carbocycles. The van der Waals surface area contributed by atoms with Crippen LogP contribution in [0.3, 0.4) is 0 Å². The molecule has 7 nitrogen and oxygen atoms in total. The van der Waals surface area contributed by atoms with E-state index in [0.29, 0.717) is 29.0 Å². The molecule has 5 aromatic rings. The van der Waals surface area contributed by atoms with Crippen molar-refractivity contribution >= 4 is 56.5 Å². The SMILES string of the molecule is CCn1c(COc2ccc(F)c(Cl)c2)nnc1SCC(=O)Nc1ccc(-c2nc3ccc(C)cc3s2)cc1. The smallest absolute Gasteiger partial charge is 0.234 e. The third kappa shape index (κ3) is 5.98. The Morgan fingerprint density at radius 2 is 1.95 bits per heavy atom. The number of hydrogen-bond donors (Lipinski definition) is 1. The van der Waals surface area contributed by atoms with Gasteiger partial charge in [-0.1, -0.05) is 29.4 Å². The molecule has 1 N–H and O–H groups in total. The number of carbonyl (C=O) groups is 1. The van der Waals surface area contributed by atoms with E-state index < -0.39 is 5.82 Å². The average Bonchev–Trinajstić information content (AvgIpc) is 3.51. The summed E-state index contributed by atoms with van der Waals surface area (Å²) in [6, 6.07) is 18.1. The molecule has 0 aliphatic rings. The Kier molecular flexibility index (Phi) is 7.92. The van der Waals surface area contributed by atoms with E-state index in [4.69, 9.17) is 21.3 Å². The second-order valence-corrected chi connectivity index (χ2v) is 10.8. The highest BCUT2D eigenvalue weighted by molar-refractivity contribution is 7.99. The molecular formula is C27H23ClFN5O2S2. The third-order valence-corrected chi connectivity index (χ3v) is 7.98. The van der Waals surface area contributed by atoms with Crippen LogP contribution in [0.15, 0.2) is 65.8 Å². The maximum absolute atomic E-state index is 13.4. The van der Waals surface area contributed by atoms with Crippen molar-refractivity contribution in [3.8, 4) is 16.3 Å². The van der Waals surface area contributed by atoms with Gasteiger partial charge in [0.2, 0.25) is 5.91 Å². The second-order valence-electron chi connectivity index (χ2n) is 8.41. The van der Waals surface area contributed by atoms with Crippen LogP contribution in [0.2, 0.25) is 5.02 Å². The first kappa shape index (κ1) is 26.1. The van der Waals surface area contributed by atoms with Gasteiger partial charge < -0.3 is 14.6 Å². The summed E-state index contributed by atoms with van der Waals surface area (Å²) in [6.45, 7) is 4.77. The Morgan fingerprint density at radius 1 is 1.13 bits per heavy atom. The normalized spacial score (nSPS) is 11.2. The van der Waals surface area contributed by atoms with Crippen molar-refractivity contribution in [1.29, 1.82) is 0 Å². The van der Waals surface area contributed by atoms with Crippen LogP contribution in [0.5, 0.6) is 5.75 Å². The number of carbonyl (C=O) groups excluding carboxylic acids is 1. The fraction of sp³-hybridized carbons (Fsp3) is 0.185. The fourth-order valence-electron chi connectivity index (χ4n) is 3.74. The Morgan fingerprint density at radius 3 is 2.71 bits per heavy atom. The van der Waals surface area contributed by atoms with E-state index in [1.165, 1.54) is 35.5 Å². The molecule has 0 fully saturated rings. The third-order valence-electron chi connectivity index (χ3n) is 5.66. The minimum absolute atomic E-state index is 0.0109. The number of aryl methyl sites for hydroxylation is 1. The van der Waals surface area contributed by atoms with Crippen LogP contribution >= 0.6 is 34.7 Å². The van der Waals surface area contributed by atoms with Gasteiger partial charge in [0.05, 0.1) is 21.0 Å². The molecule has 1 amide bonds. The van der Waals surface area contributed by atoms with Crippen LogP contribution in [-0.4, -0.2) is 31.4 Å². The number of ether oxygens (including phenoxy) is 1. The van der Waals surface area contributed by atoms with Gasteiger partial charge in [-0.2, -0.15) is 0 Å². The summed E-state index contributed by atoms with van der Waals surface area (Å²) >= 11 is 8.76. The highest BCUT2D eigenvalue weighted by Gasteiger charge is 2.15. The van der Waals surface area contributed by atoms with E-state index in [-0.39, 0.29) is 23.3 Å². The van der Waals surface area contributed by atoms with Crippen molar-refractivity contribution in [2.24, 2.45) is 0 Å². The Bertz CT molecular complexity index is 1600. The summed E-state index contributed by atoms with van der Waals surface area (Å²) in [5.41, 5.74) is 3.91. The Hall–Kier alpha value is -3.47. The Labute approximate surface area is 232 Å². The van der Waals surface area contributed by atoms with Crippen LogP contribution in [0, 0.1) is 12.7 Å². The lowest BCUT2D eigenvalue weighted by molar-refractivity contribution is -0.113. The lowest BCUT2D eigenvalue weighted by Crippen LogP contribution is -2.15. The fourth-order valence-corrected chi connectivity index (χ4v) is 5.80. The number of thioether (sulfide) groups is 1. The highest BCUT2D eigenvalue weighted by Crippen LogP contribution is 2.31. The molecule has 5 rings (SSSR count). The van der Waals surface area contributed by atoms with Gasteiger partial charge in [0.15, 0.2) is 11.0 Å². The molecule has 0 unspecified atom stereocenters. The van der Waals surface area contributed by atoms with Gasteiger partial charge in [-0.15, -0.1) is 21.5 Å². The molecule has 0 radical (unpaired) electrons. The molecule has 0 saturated heterocycles. The van der Waals surface area contributed by atoms with Crippen LogP contribution in [0.1, 0.15) is 18.3 Å². The molecule has 0 saturated carbocycles. The van der Waals surface area contributed by atoms with Crippen molar-refractivity contribution in [1.82, 2.24) is 19.7 Å². The van der Waals surface area contributed by atoms with Crippen molar-refractivity contribution in [2.45, 2.75) is 32.2 Å². The topological polar surface area (TPSA) is 81.9 Å². The summed E-state index contributed by atoms with van der Waals surface area (Å²) in [5.74, 6) is 0.539. The van der Waals surface area contributed by atoms with Crippen LogP contribution < -0.4 is 10.1 Å². The van der Waals surface area contributed by atoms with Crippen molar-refractivity contribution in [3.05, 3.63) is 82.9 Å². The number of amides is 1. The molecule has 0 aliphatic heterocycles. The molecule has 2 aromatic heterocycles. The molecule has 38 heavy (non-hydrogen) atoms. The number of aromatic nitrogens is 4. The standard InChI is InChI=1S/C27H23ClFN5O2S2/c1-3-34-24(14-36-19-9-10-21(29)20(28)13-19)32-33-27(34)37-15-25(35)30-18-7-5-17(6-8-18)26-31-22-11-4-16(2)12-23(22)38-26/h4-13H,3,14-15H2,1-2H3,(H,30,35).